The van der Waals surface area contributed by atoms with Gasteiger partial charge in [0.1, 0.15) is 12.6 Å². The largest absolute Gasteiger partial charge is 0.381 e. The normalized spacial score (nSPS) is 30.0. The molecule has 21 heavy (non-hydrogen) atoms. The monoisotopic (exact) mass is 294 g/mol. The van der Waals surface area contributed by atoms with E-state index in [1.54, 1.807) is 0 Å². The summed E-state index contributed by atoms with van der Waals surface area (Å²) >= 11 is 0. The number of ether oxygens (including phenoxy) is 1. The molecule has 0 aromatic carbocycles. The molecule has 0 atom stereocenters. The van der Waals surface area contributed by atoms with Crippen LogP contribution in [0.5, 0.6) is 0 Å². The van der Waals surface area contributed by atoms with Gasteiger partial charge in [0.05, 0.1) is 11.5 Å². The summed E-state index contributed by atoms with van der Waals surface area (Å²) in [5.41, 5.74) is -0.644. The van der Waals surface area contributed by atoms with Crippen molar-refractivity contribution in [3.63, 3.8) is 0 Å². The molecule has 0 amide bonds. The molecule has 0 heterocycles. The fourth-order valence-corrected chi connectivity index (χ4v) is 4.12. The van der Waals surface area contributed by atoms with Gasteiger partial charge in [0.15, 0.2) is 0 Å². The van der Waals surface area contributed by atoms with E-state index in [0.29, 0.717) is 6.10 Å². The van der Waals surface area contributed by atoms with Crippen LogP contribution in [0.25, 0.3) is 0 Å². The van der Waals surface area contributed by atoms with Gasteiger partial charge in [-0.2, -0.15) is 0 Å². The van der Waals surface area contributed by atoms with Crippen molar-refractivity contribution in [3.8, 4) is 0 Å². The Labute approximate surface area is 128 Å². The van der Waals surface area contributed by atoms with E-state index in [0.717, 1.165) is 50.1 Å². The van der Waals surface area contributed by atoms with E-state index in [1.807, 2.05) is 7.11 Å². The smallest absolute Gasteiger partial charge is 0.133 e. The maximum atomic E-state index is 11.0. The number of rotatable bonds is 7. The van der Waals surface area contributed by atoms with E-state index in [2.05, 4.69) is 0 Å². The quantitative estimate of drug-likeness (QED) is 0.527. The first-order valence-corrected chi connectivity index (χ1v) is 8.67. The van der Waals surface area contributed by atoms with Gasteiger partial charge in [-0.1, -0.05) is 19.3 Å². The lowest BCUT2D eigenvalue weighted by Gasteiger charge is -2.32. The van der Waals surface area contributed by atoms with Crippen molar-refractivity contribution < 1.29 is 14.3 Å². The molecular weight excluding hydrogens is 264 g/mol. The molecule has 3 heteroatoms. The zero-order valence-electron chi connectivity index (χ0n) is 13.4. The van der Waals surface area contributed by atoms with Crippen molar-refractivity contribution in [1.29, 1.82) is 0 Å². The van der Waals surface area contributed by atoms with Gasteiger partial charge < -0.3 is 14.3 Å². The summed E-state index contributed by atoms with van der Waals surface area (Å²) in [4.78, 5) is 22.1. The van der Waals surface area contributed by atoms with Crippen LogP contribution < -0.4 is 0 Å². The average molecular weight is 294 g/mol. The Bertz CT molecular complexity index is 313. The van der Waals surface area contributed by atoms with E-state index in [4.69, 9.17) is 4.74 Å². The van der Waals surface area contributed by atoms with Gasteiger partial charge in [0, 0.05) is 7.11 Å². The van der Waals surface area contributed by atoms with Crippen LogP contribution in [0.3, 0.4) is 0 Å². The molecule has 0 N–H and O–H groups in total. The first-order chi connectivity index (χ1) is 10.2. The molecule has 2 aliphatic rings. The van der Waals surface area contributed by atoms with Crippen LogP contribution in [0.15, 0.2) is 0 Å². The Kier molecular flexibility index (Phi) is 6.40. The minimum absolute atomic E-state index is 0.499. The van der Waals surface area contributed by atoms with E-state index < -0.39 is 5.41 Å². The SMILES string of the molecule is COC1CCC(CCCC2CCC(C=O)(C=O)CC2)CC1. The van der Waals surface area contributed by atoms with Crippen LogP contribution in [0.2, 0.25) is 0 Å². The zero-order valence-corrected chi connectivity index (χ0v) is 13.4. The van der Waals surface area contributed by atoms with Gasteiger partial charge in [0.25, 0.3) is 0 Å². The second-order valence-electron chi connectivity index (χ2n) is 7.22. The van der Waals surface area contributed by atoms with Crippen molar-refractivity contribution in [2.24, 2.45) is 17.3 Å². The standard InChI is InChI=1S/C18H30O3/c1-21-17-7-5-15(6-8-17)3-2-4-16-9-11-18(13-19,14-20)12-10-16/h13-17H,2-12H2,1H3. The highest BCUT2D eigenvalue weighted by Crippen LogP contribution is 2.38. The van der Waals surface area contributed by atoms with Gasteiger partial charge in [-0.05, 0) is 63.2 Å². The highest BCUT2D eigenvalue weighted by atomic mass is 16.5. The van der Waals surface area contributed by atoms with Crippen molar-refractivity contribution in [2.75, 3.05) is 7.11 Å². The van der Waals surface area contributed by atoms with Gasteiger partial charge in [-0.25, -0.2) is 0 Å². The van der Waals surface area contributed by atoms with E-state index in [9.17, 15) is 9.59 Å². The van der Waals surface area contributed by atoms with E-state index in [-0.39, 0.29) is 0 Å². The molecule has 3 nitrogen and oxygen atoms in total. The number of hydrogen-bond acceptors (Lipinski definition) is 3. The topological polar surface area (TPSA) is 43.4 Å². The van der Waals surface area contributed by atoms with Crippen LogP contribution in [-0.2, 0) is 14.3 Å². The molecule has 2 rings (SSSR count). The molecule has 0 aliphatic heterocycles. The Balaban J connectivity index is 1.60. The predicted molar refractivity (Wildman–Crippen MR) is 83.1 cm³/mol. The fourth-order valence-electron chi connectivity index (χ4n) is 4.12. The summed E-state index contributed by atoms with van der Waals surface area (Å²) in [6, 6.07) is 0. The number of carbonyl (C=O) groups excluding carboxylic acids is 2. The van der Waals surface area contributed by atoms with Crippen LogP contribution in [0.4, 0.5) is 0 Å². The lowest BCUT2D eigenvalue weighted by atomic mass is 9.71. The highest BCUT2D eigenvalue weighted by Gasteiger charge is 2.34. The Morgan fingerprint density at radius 2 is 1.43 bits per heavy atom. The molecule has 0 spiro atoms. The minimum atomic E-state index is -0.644. The first kappa shape index (κ1) is 16.7. The third kappa shape index (κ3) is 4.64. The summed E-state index contributed by atoms with van der Waals surface area (Å²) in [7, 11) is 1.83. The molecule has 0 aromatic heterocycles. The van der Waals surface area contributed by atoms with Crippen molar-refractivity contribution >= 4 is 12.6 Å². The third-order valence-corrected chi connectivity index (χ3v) is 5.86. The second kappa shape index (κ2) is 8.07. The Morgan fingerprint density at radius 1 is 0.905 bits per heavy atom. The van der Waals surface area contributed by atoms with Crippen molar-refractivity contribution in [3.05, 3.63) is 0 Å². The lowest BCUT2D eigenvalue weighted by molar-refractivity contribution is -0.128. The molecule has 120 valence electrons. The molecule has 2 fully saturated rings. The van der Waals surface area contributed by atoms with E-state index in [1.165, 1.54) is 44.9 Å². The number of hydrogen-bond donors (Lipinski definition) is 0. The molecule has 0 radical (unpaired) electrons. The first-order valence-electron chi connectivity index (χ1n) is 8.67. The maximum Gasteiger partial charge on any atom is 0.133 e. The second-order valence-corrected chi connectivity index (χ2v) is 7.22. The highest BCUT2D eigenvalue weighted by molar-refractivity contribution is 5.83. The van der Waals surface area contributed by atoms with Crippen molar-refractivity contribution in [2.45, 2.75) is 76.7 Å². The van der Waals surface area contributed by atoms with Crippen LogP contribution >= 0.6 is 0 Å². The lowest BCUT2D eigenvalue weighted by Crippen LogP contribution is -2.30. The number of aldehydes is 2. The average Bonchev–Trinajstić information content (AvgIpc) is 2.56. The van der Waals surface area contributed by atoms with Gasteiger partial charge in [-0.15, -0.1) is 0 Å². The molecule has 0 bridgehead atoms. The van der Waals surface area contributed by atoms with Gasteiger partial charge in [-0.3, -0.25) is 0 Å². The molecular formula is C18H30O3. The van der Waals surface area contributed by atoms with Crippen LogP contribution in [-0.4, -0.2) is 25.8 Å². The molecule has 0 unspecified atom stereocenters. The molecule has 0 saturated heterocycles. The third-order valence-electron chi connectivity index (χ3n) is 5.86. The molecule has 2 aliphatic carbocycles. The Morgan fingerprint density at radius 3 is 1.90 bits per heavy atom. The molecule has 0 aromatic rings. The van der Waals surface area contributed by atoms with Crippen LogP contribution in [0.1, 0.15) is 70.6 Å². The van der Waals surface area contributed by atoms with Crippen LogP contribution in [0, 0.1) is 17.3 Å². The summed E-state index contributed by atoms with van der Waals surface area (Å²) in [6.07, 6.45) is 14.9. The van der Waals surface area contributed by atoms with E-state index >= 15 is 0 Å². The maximum absolute atomic E-state index is 11.0. The predicted octanol–water partition coefficient (Wildman–Crippen LogP) is 3.94. The summed E-state index contributed by atoms with van der Waals surface area (Å²) in [6.45, 7) is 0. The molecule has 2 saturated carbocycles. The zero-order chi connectivity index (χ0) is 15.1. The summed E-state index contributed by atoms with van der Waals surface area (Å²) in [5, 5.41) is 0. The summed E-state index contributed by atoms with van der Waals surface area (Å²) in [5.74, 6) is 1.62. The Hall–Kier alpha value is -0.700. The van der Waals surface area contributed by atoms with Gasteiger partial charge in [0.2, 0.25) is 0 Å². The minimum Gasteiger partial charge on any atom is -0.381 e. The summed E-state index contributed by atoms with van der Waals surface area (Å²) < 4.78 is 5.42. The fraction of sp³-hybridized carbons (Fsp3) is 0.889. The van der Waals surface area contributed by atoms with Gasteiger partial charge >= 0.3 is 0 Å². The number of methoxy groups -OCH3 is 1. The van der Waals surface area contributed by atoms with Crippen molar-refractivity contribution in [1.82, 2.24) is 0 Å². The number of carbonyl (C=O) groups is 2.